The summed E-state index contributed by atoms with van der Waals surface area (Å²) in [4.78, 5) is 5.57. The van der Waals surface area contributed by atoms with E-state index in [1.807, 2.05) is 25.1 Å². The molecule has 0 saturated carbocycles. The summed E-state index contributed by atoms with van der Waals surface area (Å²) >= 11 is 7.80. The maximum absolute atomic E-state index is 9.17. The Hall–Kier alpha value is -1.02. The topological polar surface area (TPSA) is 84.3 Å². The first kappa shape index (κ1) is 22.0. The van der Waals surface area contributed by atoms with Gasteiger partial charge in [0.2, 0.25) is 0 Å². The number of fused-ring (bicyclic) bond motifs is 1. The number of nitrogens with two attached hydrogens (primary N) is 1. The molecule has 0 aliphatic rings. The monoisotopic (exact) mass is 423 g/mol. The van der Waals surface area contributed by atoms with Crippen LogP contribution in [0.5, 0.6) is 0 Å². The first-order valence-corrected chi connectivity index (χ1v) is 8.49. The van der Waals surface area contributed by atoms with E-state index < -0.39 is 0 Å². The maximum Gasteiger partial charge on any atom is 0.131 e. The van der Waals surface area contributed by atoms with Crippen molar-refractivity contribution in [3.8, 4) is 0 Å². The van der Waals surface area contributed by atoms with Gasteiger partial charge in [0.05, 0.1) is 35.3 Å². The molecule has 1 unspecified atom stereocenters. The van der Waals surface area contributed by atoms with Gasteiger partial charge in [-0.1, -0.05) is 11.6 Å². The molecule has 0 radical (unpaired) electrons. The molecule has 0 bridgehead atoms. The number of pyridine rings is 1. The minimum absolute atomic E-state index is 0. The highest BCUT2D eigenvalue weighted by Gasteiger charge is 2.16. The molecule has 0 fully saturated rings. The smallest absolute Gasteiger partial charge is 0.131 e. The summed E-state index contributed by atoms with van der Waals surface area (Å²) in [6.07, 6.45) is 2.27. The van der Waals surface area contributed by atoms with Crippen molar-refractivity contribution in [1.82, 2.24) is 4.98 Å². The summed E-state index contributed by atoms with van der Waals surface area (Å²) in [7, 11) is 0. The minimum Gasteiger partial charge on any atom is -0.467 e. The van der Waals surface area contributed by atoms with Gasteiger partial charge in [-0.2, -0.15) is 0 Å². The number of anilines is 1. The number of aliphatic hydroxyl groups excluding tert-OH is 1. The van der Waals surface area contributed by atoms with Gasteiger partial charge >= 0.3 is 0 Å². The molecule has 138 valence electrons. The molecule has 3 rings (SSSR count). The van der Waals surface area contributed by atoms with Gasteiger partial charge in [-0.15, -0.1) is 36.2 Å². The predicted octanol–water partition coefficient (Wildman–Crippen LogP) is 4.17. The van der Waals surface area contributed by atoms with Crippen molar-refractivity contribution < 1.29 is 9.52 Å². The van der Waals surface area contributed by atoms with Crippen LogP contribution in [0, 0.1) is 6.92 Å². The van der Waals surface area contributed by atoms with Crippen molar-refractivity contribution >= 4 is 63.7 Å². The van der Waals surface area contributed by atoms with Gasteiger partial charge in [-0.3, -0.25) is 0 Å². The van der Waals surface area contributed by atoms with Gasteiger partial charge in [0, 0.05) is 17.0 Å². The number of hydrogen-bond acceptors (Lipinski definition) is 6. The number of furan rings is 1. The number of aliphatic hydroxyl groups is 1. The first-order valence-electron chi connectivity index (χ1n) is 7.29. The molecule has 0 saturated heterocycles. The lowest BCUT2D eigenvalue weighted by Gasteiger charge is -2.06. The highest BCUT2D eigenvalue weighted by Crippen LogP contribution is 2.37. The lowest BCUT2D eigenvalue weighted by molar-refractivity contribution is 0.265. The van der Waals surface area contributed by atoms with Crippen LogP contribution in [0.4, 0.5) is 5.69 Å². The lowest BCUT2D eigenvalue weighted by atomic mass is 10.1. The molecule has 4 N–H and O–H groups in total. The molecular formula is C16H20Cl3N3O2S. The highest BCUT2D eigenvalue weighted by atomic mass is 35.5. The van der Waals surface area contributed by atoms with Crippen LogP contribution < -0.4 is 11.1 Å². The van der Waals surface area contributed by atoms with Gasteiger partial charge in [0.25, 0.3) is 0 Å². The summed E-state index contributed by atoms with van der Waals surface area (Å²) in [5.74, 6) is 0.849. The summed E-state index contributed by atoms with van der Waals surface area (Å²) < 4.78 is 6.38. The number of thiophene rings is 1. The molecule has 25 heavy (non-hydrogen) atoms. The third-order valence-corrected chi connectivity index (χ3v) is 5.19. The summed E-state index contributed by atoms with van der Waals surface area (Å²) in [5.41, 5.74) is 8.74. The van der Waals surface area contributed by atoms with Crippen LogP contribution >= 0.6 is 47.8 Å². The fraction of sp³-hybridized carbons (Fsp3) is 0.312. The van der Waals surface area contributed by atoms with Crippen molar-refractivity contribution in [2.24, 2.45) is 5.73 Å². The molecule has 1 atom stereocenters. The van der Waals surface area contributed by atoms with E-state index in [1.165, 1.54) is 0 Å². The van der Waals surface area contributed by atoms with E-state index in [9.17, 15) is 5.11 Å². The standard InChI is InChI=1S/C16H18ClN3O2S.2ClH/c1-9-13(5-10(18)8-21)23-16-12(6-14(17)20-15(9)16)19-7-11-3-2-4-22-11;;/h2-4,6,10,21H,5,7-8,18H2,1H3,(H,19,20);2*1H. The van der Waals surface area contributed by atoms with Gasteiger partial charge in [0.15, 0.2) is 0 Å². The van der Waals surface area contributed by atoms with Crippen LogP contribution in [0.3, 0.4) is 0 Å². The fourth-order valence-corrected chi connectivity index (χ4v) is 3.94. The van der Waals surface area contributed by atoms with E-state index in [0.717, 1.165) is 32.1 Å². The number of rotatable bonds is 6. The Kier molecular flexibility index (Phi) is 8.47. The molecule has 3 heterocycles. The molecule has 5 nitrogen and oxygen atoms in total. The van der Waals surface area contributed by atoms with E-state index in [4.69, 9.17) is 21.8 Å². The fourth-order valence-electron chi connectivity index (χ4n) is 2.42. The Morgan fingerprint density at radius 1 is 1.44 bits per heavy atom. The normalized spacial score (nSPS) is 11.7. The largest absolute Gasteiger partial charge is 0.467 e. The second-order valence-corrected chi connectivity index (χ2v) is 6.89. The number of aryl methyl sites for hydroxylation is 1. The Morgan fingerprint density at radius 3 is 2.84 bits per heavy atom. The Labute approximate surface area is 167 Å². The summed E-state index contributed by atoms with van der Waals surface area (Å²) in [6.45, 7) is 2.55. The SMILES string of the molecule is Cc1c(CC(N)CO)sc2c(NCc3ccco3)cc(Cl)nc12.Cl.Cl. The van der Waals surface area contributed by atoms with E-state index in [0.29, 0.717) is 18.1 Å². The van der Waals surface area contributed by atoms with Crippen molar-refractivity contribution in [3.63, 3.8) is 0 Å². The first-order chi connectivity index (χ1) is 11.1. The zero-order valence-corrected chi connectivity index (χ0v) is 16.7. The van der Waals surface area contributed by atoms with Crippen molar-refractivity contribution in [3.05, 3.63) is 45.8 Å². The molecular weight excluding hydrogens is 405 g/mol. The molecule has 3 aromatic heterocycles. The van der Waals surface area contributed by atoms with E-state index >= 15 is 0 Å². The van der Waals surface area contributed by atoms with Gasteiger partial charge in [-0.25, -0.2) is 4.98 Å². The van der Waals surface area contributed by atoms with Crippen LogP contribution in [-0.2, 0) is 13.0 Å². The quantitative estimate of drug-likeness (QED) is 0.517. The van der Waals surface area contributed by atoms with Crippen LogP contribution in [-0.4, -0.2) is 22.7 Å². The van der Waals surface area contributed by atoms with Crippen molar-refractivity contribution in [2.45, 2.75) is 25.9 Å². The maximum atomic E-state index is 9.17. The second kappa shape index (κ2) is 9.62. The van der Waals surface area contributed by atoms with Crippen molar-refractivity contribution in [1.29, 1.82) is 0 Å². The molecule has 0 spiro atoms. The molecule has 0 aliphatic heterocycles. The third kappa shape index (κ3) is 5.00. The summed E-state index contributed by atoms with van der Waals surface area (Å²) in [5, 5.41) is 13.0. The number of nitrogens with zero attached hydrogens (tertiary/aromatic N) is 1. The van der Waals surface area contributed by atoms with Gasteiger partial charge < -0.3 is 20.6 Å². The third-order valence-electron chi connectivity index (χ3n) is 3.66. The Bertz CT molecular complexity index is 809. The van der Waals surface area contributed by atoms with Crippen LogP contribution in [0.1, 0.15) is 16.2 Å². The molecule has 0 amide bonds. The van der Waals surface area contributed by atoms with Crippen LogP contribution in [0.2, 0.25) is 5.15 Å². The number of nitrogens with one attached hydrogen (secondary N) is 1. The van der Waals surface area contributed by atoms with E-state index in [2.05, 4.69) is 10.3 Å². The van der Waals surface area contributed by atoms with Gasteiger partial charge in [-0.05, 0) is 31.0 Å². The number of hydrogen-bond donors (Lipinski definition) is 3. The number of aromatic nitrogens is 1. The van der Waals surface area contributed by atoms with Crippen LogP contribution in [0.15, 0.2) is 28.9 Å². The Balaban J connectivity index is 0.00000156. The minimum atomic E-state index is -0.267. The van der Waals surface area contributed by atoms with E-state index in [1.54, 1.807) is 17.6 Å². The molecule has 0 aromatic carbocycles. The highest BCUT2D eigenvalue weighted by molar-refractivity contribution is 7.19. The zero-order chi connectivity index (χ0) is 16.4. The van der Waals surface area contributed by atoms with Crippen LogP contribution in [0.25, 0.3) is 10.2 Å². The second-order valence-electron chi connectivity index (χ2n) is 5.40. The number of halogens is 3. The van der Waals surface area contributed by atoms with Crippen molar-refractivity contribution in [2.75, 3.05) is 11.9 Å². The predicted molar refractivity (Wildman–Crippen MR) is 109 cm³/mol. The molecule has 3 aromatic rings. The van der Waals surface area contributed by atoms with Gasteiger partial charge in [0.1, 0.15) is 10.9 Å². The zero-order valence-electron chi connectivity index (χ0n) is 13.5. The summed E-state index contributed by atoms with van der Waals surface area (Å²) in [6, 6.07) is 5.32. The average Bonchev–Trinajstić information content (AvgIpc) is 3.15. The van der Waals surface area contributed by atoms with E-state index in [-0.39, 0.29) is 37.5 Å². The average molecular weight is 425 g/mol. The molecule has 9 heteroatoms. The molecule has 0 aliphatic carbocycles. The Morgan fingerprint density at radius 2 is 2.20 bits per heavy atom. The lowest BCUT2D eigenvalue weighted by Crippen LogP contribution is -2.26.